The van der Waals surface area contributed by atoms with Crippen LogP contribution in [0.1, 0.15) is 64.7 Å². The Morgan fingerprint density at radius 3 is 1.71 bits per heavy atom. The van der Waals surface area contributed by atoms with E-state index in [1.165, 1.54) is 32.1 Å². The fraction of sp³-hybridized carbons (Fsp3) is 0.867. The van der Waals surface area contributed by atoms with Gasteiger partial charge in [0.25, 0.3) is 20.2 Å². The lowest BCUT2D eigenvalue weighted by Crippen LogP contribution is -2.30. The molecule has 0 aliphatic carbocycles. The van der Waals surface area contributed by atoms with Crippen LogP contribution in [-0.2, 0) is 25.0 Å². The largest absolute Gasteiger partial charge is 0.493 e. The van der Waals surface area contributed by atoms with E-state index in [0.717, 1.165) is 19.3 Å². The second kappa shape index (κ2) is 11.8. The third kappa shape index (κ3) is 16.2. The second-order valence-corrected chi connectivity index (χ2v) is 8.99. The molecule has 0 fully saturated rings. The molecule has 0 amide bonds. The first kappa shape index (κ1) is 23.4. The minimum Gasteiger partial charge on any atom is -0.493 e. The van der Waals surface area contributed by atoms with Crippen molar-refractivity contribution < 1.29 is 30.7 Å². The van der Waals surface area contributed by atoms with Gasteiger partial charge < -0.3 is 4.74 Å². The summed E-state index contributed by atoms with van der Waals surface area (Å²) in [6, 6.07) is 0. The summed E-state index contributed by atoms with van der Waals surface area (Å²) in [5, 5.41) is 0. The van der Waals surface area contributed by atoms with Crippen LogP contribution in [-0.4, -0.2) is 43.6 Å². The van der Waals surface area contributed by atoms with Crippen molar-refractivity contribution in [3.05, 3.63) is 12.3 Å². The standard InChI is InChI=1S/C15H30O7S2/c1-3-4-5-6-7-8-9-10-11-14(2)22-15(12-23(16,17)18)13-24(19,20)21/h15H,2-13H2,1H3,(H,16,17,18)(H,19,20,21). The maximum Gasteiger partial charge on any atom is 0.268 e. The van der Waals surface area contributed by atoms with Crippen LogP contribution in [0, 0.1) is 0 Å². The number of allylic oxidation sites excluding steroid dienone is 1. The van der Waals surface area contributed by atoms with Crippen LogP contribution in [0.2, 0.25) is 0 Å². The van der Waals surface area contributed by atoms with Gasteiger partial charge in [-0.2, -0.15) is 16.8 Å². The second-order valence-electron chi connectivity index (χ2n) is 6.00. The zero-order chi connectivity index (χ0) is 18.6. The zero-order valence-electron chi connectivity index (χ0n) is 14.3. The molecule has 0 bridgehead atoms. The number of unbranched alkanes of at least 4 members (excludes halogenated alkanes) is 7. The Kier molecular flexibility index (Phi) is 11.5. The molecule has 0 radical (unpaired) electrons. The zero-order valence-corrected chi connectivity index (χ0v) is 15.9. The lowest BCUT2D eigenvalue weighted by molar-refractivity contribution is 0.141. The van der Waals surface area contributed by atoms with Gasteiger partial charge in [0.15, 0.2) is 0 Å². The van der Waals surface area contributed by atoms with Crippen molar-refractivity contribution in [2.45, 2.75) is 70.8 Å². The van der Waals surface area contributed by atoms with E-state index in [-0.39, 0.29) is 5.76 Å². The highest BCUT2D eigenvalue weighted by Crippen LogP contribution is 2.15. The normalized spacial score (nSPS) is 12.5. The molecule has 0 rings (SSSR count). The number of ether oxygens (including phenoxy) is 1. The Bertz CT molecular complexity index is 518. The van der Waals surface area contributed by atoms with Crippen molar-refractivity contribution >= 4 is 20.2 Å². The summed E-state index contributed by atoms with van der Waals surface area (Å²) in [6.07, 6.45) is 8.08. The first-order valence-electron chi connectivity index (χ1n) is 8.28. The number of rotatable bonds is 15. The quantitative estimate of drug-likeness (QED) is 0.252. The molecule has 144 valence electrons. The topological polar surface area (TPSA) is 118 Å². The molecule has 0 aromatic carbocycles. The molecule has 0 aliphatic heterocycles. The third-order valence-electron chi connectivity index (χ3n) is 3.44. The van der Waals surface area contributed by atoms with E-state index >= 15 is 0 Å². The Morgan fingerprint density at radius 2 is 1.29 bits per heavy atom. The van der Waals surface area contributed by atoms with Crippen molar-refractivity contribution in [1.29, 1.82) is 0 Å². The fourth-order valence-electron chi connectivity index (χ4n) is 2.34. The van der Waals surface area contributed by atoms with E-state index in [1.807, 2.05) is 0 Å². The molecule has 0 saturated carbocycles. The third-order valence-corrected chi connectivity index (χ3v) is 5.02. The Morgan fingerprint density at radius 1 is 0.875 bits per heavy atom. The van der Waals surface area contributed by atoms with Crippen LogP contribution in [0.3, 0.4) is 0 Å². The molecule has 7 nitrogen and oxygen atoms in total. The Hall–Kier alpha value is -0.640. The van der Waals surface area contributed by atoms with Crippen LogP contribution in [0.15, 0.2) is 12.3 Å². The monoisotopic (exact) mass is 386 g/mol. The van der Waals surface area contributed by atoms with Crippen molar-refractivity contribution in [1.82, 2.24) is 0 Å². The van der Waals surface area contributed by atoms with Gasteiger partial charge in [-0.05, 0) is 6.42 Å². The summed E-state index contributed by atoms with van der Waals surface area (Å²) in [5.41, 5.74) is 0. The fourth-order valence-corrected chi connectivity index (χ4v) is 3.80. The molecular formula is C15H30O7S2. The van der Waals surface area contributed by atoms with Crippen LogP contribution >= 0.6 is 0 Å². The first-order valence-corrected chi connectivity index (χ1v) is 11.5. The van der Waals surface area contributed by atoms with E-state index in [2.05, 4.69) is 13.5 Å². The molecule has 0 unspecified atom stereocenters. The molecule has 0 saturated heterocycles. The summed E-state index contributed by atoms with van der Waals surface area (Å²) in [5.74, 6) is -1.58. The molecular weight excluding hydrogens is 356 g/mol. The average molecular weight is 387 g/mol. The predicted molar refractivity (Wildman–Crippen MR) is 94.1 cm³/mol. The summed E-state index contributed by atoms with van der Waals surface area (Å²) in [7, 11) is -8.85. The van der Waals surface area contributed by atoms with Gasteiger partial charge in [0, 0.05) is 6.42 Å². The van der Waals surface area contributed by atoms with Gasteiger partial charge in [0.2, 0.25) is 0 Å². The summed E-state index contributed by atoms with van der Waals surface area (Å²) < 4.78 is 66.4. The van der Waals surface area contributed by atoms with Crippen LogP contribution < -0.4 is 0 Å². The summed E-state index contributed by atoms with van der Waals surface area (Å²) in [6.45, 7) is 5.81. The molecule has 0 aliphatic rings. The van der Waals surface area contributed by atoms with Gasteiger partial charge in [-0.1, -0.05) is 58.4 Å². The van der Waals surface area contributed by atoms with Gasteiger partial charge in [-0.3, -0.25) is 9.11 Å². The molecule has 0 spiro atoms. The number of hydrogen-bond acceptors (Lipinski definition) is 5. The minimum absolute atomic E-state index is 0.248. The van der Waals surface area contributed by atoms with Gasteiger partial charge in [-0.15, -0.1) is 0 Å². The predicted octanol–water partition coefficient (Wildman–Crippen LogP) is 3.19. The van der Waals surface area contributed by atoms with Crippen molar-refractivity contribution in [2.75, 3.05) is 11.5 Å². The van der Waals surface area contributed by atoms with E-state index in [9.17, 15) is 16.8 Å². The molecule has 0 atom stereocenters. The smallest absolute Gasteiger partial charge is 0.268 e. The van der Waals surface area contributed by atoms with Gasteiger partial charge in [-0.25, -0.2) is 0 Å². The first-order chi connectivity index (χ1) is 11.0. The molecule has 9 heteroatoms. The molecule has 2 N–H and O–H groups in total. The van der Waals surface area contributed by atoms with Crippen LogP contribution in [0.5, 0.6) is 0 Å². The maximum atomic E-state index is 10.9. The van der Waals surface area contributed by atoms with Gasteiger partial charge in [0.05, 0.1) is 5.76 Å². The molecule has 0 heterocycles. The van der Waals surface area contributed by atoms with E-state index in [1.54, 1.807) is 0 Å². The van der Waals surface area contributed by atoms with Crippen molar-refractivity contribution in [2.24, 2.45) is 0 Å². The summed E-state index contributed by atoms with van der Waals surface area (Å²) in [4.78, 5) is 0. The Balaban J connectivity index is 4.10. The van der Waals surface area contributed by atoms with E-state index in [0.29, 0.717) is 6.42 Å². The highest BCUT2D eigenvalue weighted by molar-refractivity contribution is 7.86. The average Bonchev–Trinajstić information content (AvgIpc) is 2.37. The van der Waals surface area contributed by atoms with Crippen molar-refractivity contribution in [3.63, 3.8) is 0 Å². The minimum atomic E-state index is -4.42. The van der Waals surface area contributed by atoms with Crippen molar-refractivity contribution in [3.8, 4) is 0 Å². The van der Waals surface area contributed by atoms with Crippen LogP contribution in [0.4, 0.5) is 0 Å². The highest BCUT2D eigenvalue weighted by atomic mass is 32.2. The maximum absolute atomic E-state index is 10.9. The van der Waals surface area contributed by atoms with Crippen LogP contribution in [0.25, 0.3) is 0 Å². The highest BCUT2D eigenvalue weighted by Gasteiger charge is 2.24. The Labute approximate surface area is 146 Å². The summed E-state index contributed by atoms with van der Waals surface area (Å²) >= 11 is 0. The molecule has 24 heavy (non-hydrogen) atoms. The van der Waals surface area contributed by atoms with Gasteiger partial charge >= 0.3 is 0 Å². The van der Waals surface area contributed by atoms with Gasteiger partial charge in [0.1, 0.15) is 17.6 Å². The van der Waals surface area contributed by atoms with E-state index in [4.69, 9.17) is 13.8 Å². The SMILES string of the molecule is C=C(CCCCCCCCCC)OC(CS(=O)(=O)O)CS(=O)(=O)O. The lowest BCUT2D eigenvalue weighted by atomic mass is 10.1. The molecule has 0 aromatic rings. The van der Waals surface area contributed by atoms with E-state index < -0.39 is 37.8 Å². The lowest BCUT2D eigenvalue weighted by Gasteiger charge is -2.18. The number of hydrogen-bond donors (Lipinski definition) is 2. The molecule has 0 aromatic heterocycles.